The van der Waals surface area contributed by atoms with Crippen molar-refractivity contribution in [2.24, 2.45) is 0 Å². The van der Waals surface area contributed by atoms with Crippen LogP contribution in [0.5, 0.6) is 11.5 Å². The van der Waals surface area contributed by atoms with Crippen LogP contribution < -0.4 is 20.5 Å². The largest absolute Gasteiger partial charge is 0.454 e. The van der Waals surface area contributed by atoms with Crippen molar-refractivity contribution in [1.29, 1.82) is 0 Å². The monoisotopic (exact) mass is 439 g/mol. The van der Waals surface area contributed by atoms with E-state index in [2.05, 4.69) is 33.3 Å². The molecule has 2 aromatic heterocycles. The molecule has 164 valence electrons. The number of para-hydroxylation sites is 1. The Balaban J connectivity index is 1.57. The molecule has 0 spiro atoms. The molecule has 1 aliphatic heterocycles. The third-order valence-corrected chi connectivity index (χ3v) is 5.86. The van der Waals surface area contributed by atoms with Crippen LogP contribution in [-0.4, -0.2) is 26.3 Å². The maximum absolute atomic E-state index is 13.3. The molecular formula is C25H21N5O3. The number of rotatable bonds is 5. The molecule has 0 saturated carbocycles. The number of benzene rings is 3. The molecule has 0 fully saturated rings. The maximum Gasteiger partial charge on any atom is 0.332 e. The number of H-pyrrole nitrogens is 2. The Kier molecular flexibility index (Phi) is 4.43. The highest BCUT2D eigenvalue weighted by Crippen LogP contribution is 2.39. The first-order chi connectivity index (χ1) is 16.2. The van der Waals surface area contributed by atoms with E-state index in [1.54, 1.807) is 10.9 Å². The minimum Gasteiger partial charge on any atom is -0.454 e. The Morgan fingerprint density at radius 1 is 1.06 bits per heavy atom. The lowest BCUT2D eigenvalue weighted by Gasteiger charge is -2.14. The van der Waals surface area contributed by atoms with E-state index >= 15 is 0 Å². The number of fused-ring (bicyclic) bond motifs is 2. The molecule has 0 radical (unpaired) electrons. The summed E-state index contributed by atoms with van der Waals surface area (Å²) in [6.45, 7) is 2.29. The maximum atomic E-state index is 13.3. The molecule has 0 aliphatic carbocycles. The summed E-state index contributed by atoms with van der Waals surface area (Å²) >= 11 is 0. The van der Waals surface area contributed by atoms with Gasteiger partial charge in [-0.15, -0.1) is 0 Å². The van der Waals surface area contributed by atoms with Crippen molar-refractivity contribution in [2.75, 3.05) is 12.1 Å². The number of nitrogens with zero attached hydrogens (tertiary/aromatic N) is 2. The van der Waals surface area contributed by atoms with Crippen LogP contribution in [0.4, 0.5) is 11.5 Å². The average Bonchev–Trinajstić information content (AvgIpc) is 3.56. The van der Waals surface area contributed by atoms with E-state index < -0.39 is 0 Å². The molecule has 3 N–H and O–H groups in total. The summed E-state index contributed by atoms with van der Waals surface area (Å²) in [6.07, 6.45) is 2.51. The summed E-state index contributed by atoms with van der Waals surface area (Å²) in [7, 11) is 0. The quantitative estimate of drug-likeness (QED) is 0.367. The molecular weight excluding hydrogens is 418 g/mol. The second-order valence-corrected chi connectivity index (χ2v) is 7.80. The molecule has 1 aliphatic rings. The third kappa shape index (κ3) is 3.23. The van der Waals surface area contributed by atoms with Gasteiger partial charge < -0.3 is 19.8 Å². The first kappa shape index (κ1) is 19.2. The van der Waals surface area contributed by atoms with Gasteiger partial charge in [-0.25, -0.2) is 9.78 Å². The van der Waals surface area contributed by atoms with E-state index in [-0.39, 0.29) is 12.5 Å². The lowest BCUT2D eigenvalue weighted by molar-refractivity contribution is 0.174. The van der Waals surface area contributed by atoms with Crippen LogP contribution >= 0.6 is 0 Å². The number of aromatic nitrogens is 4. The summed E-state index contributed by atoms with van der Waals surface area (Å²) in [4.78, 5) is 23.7. The smallest absolute Gasteiger partial charge is 0.332 e. The molecule has 5 aromatic rings. The van der Waals surface area contributed by atoms with Crippen molar-refractivity contribution in [3.63, 3.8) is 0 Å². The second-order valence-electron chi connectivity index (χ2n) is 7.80. The highest BCUT2D eigenvalue weighted by molar-refractivity contribution is 5.82. The molecule has 0 atom stereocenters. The lowest BCUT2D eigenvalue weighted by Crippen LogP contribution is -2.15. The van der Waals surface area contributed by atoms with Gasteiger partial charge in [0.1, 0.15) is 5.82 Å². The van der Waals surface area contributed by atoms with E-state index in [0.717, 1.165) is 40.0 Å². The van der Waals surface area contributed by atoms with Crippen molar-refractivity contribution >= 4 is 22.5 Å². The summed E-state index contributed by atoms with van der Waals surface area (Å²) < 4.78 is 12.7. The molecule has 8 nitrogen and oxygen atoms in total. The van der Waals surface area contributed by atoms with E-state index in [9.17, 15) is 4.79 Å². The molecule has 0 unspecified atom stereocenters. The minimum atomic E-state index is -0.252. The van der Waals surface area contributed by atoms with E-state index in [1.165, 1.54) is 0 Å². The number of aryl methyl sites for hydroxylation is 1. The lowest BCUT2D eigenvalue weighted by atomic mass is 10.1. The van der Waals surface area contributed by atoms with Gasteiger partial charge in [0.25, 0.3) is 0 Å². The van der Waals surface area contributed by atoms with Gasteiger partial charge in [-0.3, -0.25) is 9.55 Å². The Labute approximate surface area is 188 Å². The number of imidazole rings is 2. The topological polar surface area (TPSA) is 97.0 Å². The van der Waals surface area contributed by atoms with E-state index in [1.807, 2.05) is 54.6 Å². The van der Waals surface area contributed by atoms with Crippen molar-refractivity contribution in [2.45, 2.75) is 13.3 Å². The molecule has 0 bridgehead atoms. The van der Waals surface area contributed by atoms with E-state index in [0.29, 0.717) is 23.0 Å². The van der Waals surface area contributed by atoms with Crippen LogP contribution in [0.3, 0.4) is 0 Å². The number of hydrogen-bond donors (Lipinski definition) is 3. The van der Waals surface area contributed by atoms with Crippen molar-refractivity contribution in [1.82, 2.24) is 19.5 Å². The van der Waals surface area contributed by atoms with Gasteiger partial charge in [-0.2, -0.15) is 0 Å². The first-order valence-corrected chi connectivity index (χ1v) is 10.7. The third-order valence-electron chi connectivity index (χ3n) is 5.86. The minimum absolute atomic E-state index is 0.185. The predicted molar refractivity (Wildman–Crippen MR) is 127 cm³/mol. The highest BCUT2D eigenvalue weighted by atomic mass is 16.7. The number of anilines is 2. The Morgan fingerprint density at radius 3 is 2.85 bits per heavy atom. The Morgan fingerprint density at radius 2 is 1.94 bits per heavy atom. The zero-order valence-corrected chi connectivity index (χ0v) is 17.9. The molecule has 8 heteroatoms. The van der Waals surface area contributed by atoms with E-state index in [4.69, 9.17) is 9.47 Å². The summed E-state index contributed by atoms with van der Waals surface area (Å²) in [5.74, 6) is 1.94. The second kappa shape index (κ2) is 7.59. The van der Waals surface area contributed by atoms with Crippen LogP contribution in [0.2, 0.25) is 0 Å². The number of aromatic amines is 2. The zero-order chi connectivity index (χ0) is 22.4. The number of ether oxygens (including phenoxy) is 2. The fourth-order valence-corrected chi connectivity index (χ4v) is 4.24. The summed E-state index contributed by atoms with van der Waals surface area (Å²) in [6, 6.07) is 19.4. The normalized spacial score (nSPS) is 12.4. The molecule has 6 rings (SSSR count). The molecule has 0 amide bonds. The van der Waals surface area contributed by atoms with Gasteiger partial charge in [0.2, 0.25) is 6.79 Å². The Bertz CT molecular complexity index is 1550. The SMILES string of the molecule is CCc1ccccc1Nc1[nH]c(=O)n(-c2ccc3nc[nH]c3c2)c1-c1ccc2c(c1)OCO2. The zero-order valence-electron chi connectivity index (χ0n) is 17.9. The molecule has 3 aromatic carbocycles. The van der Waals surface area contributed by atoms with Crippen LogP contribution in [-0.2, 0) is 6.42 Å². The van der Waals surface area contributed by atoms with Crippen molar-refractivity contribution < 1.29 is 9.47 Å². The first-order valence-electron chi connectivity index (χ1n) is 10.7. The summed E-state index contributed by atoms with van der Waals surface area (Å²) in [5, 5.41) is 3.45. The average molecular weight is 439 g/mol. The van der Waals surface area contributed by atoms with Gasteiger partial charge in [0, 0.05) is 11.3 Å². The van der Waals surface area contributed by atoms with Crippen LogP contribution in [0, 0.1) is 0 Å². The number of nitrogens with one attached hydrogen (secondary N) is 3. The molecule has 0 saturated heterocycles. The van der Waals surface area contributed by atoms with Gasteiger partial charge >= 0.3 is 5.69 Å². The van der Waals surface area contributed by atoms with Crippen molar-refractivity contribution in [3.8, 4) is 28.4 Å². The van der Waals surface area contributed by atoms with Crippen molar-refractivity contribution in [3.05, 3.63) is 83.0 Å². The summed E-state index contributed by atoms with van der Waals surface area (Å²) in [5.41, 5.74) is 5.77. The fourth-order valence-electron chi connectivity index (χ4n) is 4.24. The van der Waals surface area contributed by atoms with Gasteiger partial charge in [-0.1, -0.05) is 25.1 Å². The van der Waals surface area contributed by atoms with Crippen LogP contribution in [0.15, 0.2) is 71.8 Å². The van der Waals surface area contributed by atoms with Gasteiger partial charge in [0.05, 0.1) is 28.7 Å². The van der Waals surface area contributed by atoms with Crippen LogP contribution in [0.1, 0.15) is 12.5 Å². The van der Waals surface area contributed by atoms with Gasteiger partial charge in [-0.05, 0) is 54.4 Å². The van der Waals surface area contributed by atoms with Crippen LogP contribution in [0.25, 0.3) is 28.0 Å². The molecule has 33 heavy (non-hydrogen) atoms. The number of hydrogen-bond acceptors (Lipinski definition) is 5. The predicted octanol–water partition coefficient (Wildman–Crippen LogP) is 4.74. The standard InChI is InChI=1S/C25H21N5O3/c1-2-15-5-3-4-6-18(15)28-24-23(16-7-10-21-22(11-16)33-14-32-21)30(25(31)29-24)17-8-9-19-20(12-17)27-13-26-19/h3-13,28H,2,14H2,1H3,(H,26,27)(H,29,31). The highest BCUT2D eigenvalue weighted by Gasteiger charge is 2.22. The van der Waals surface area contributed by atoms with Gasteiger partial charge in [0.15, 0.2) is 11.5 Å². The Hall–Kier alpha value is -4.46. The molecule has 3 heterocycles. The fraction of sp³-hybridized carbons (Fsp3) is 0.120.